The first kappa shape index (κ1) is 26.3. The fraction of sp³-hybridized carbons (Fsp3) is 0.464. The quantitative estimate of drug-likeness (QED) is 0.132. The van der Waals surface area contributed by atoms with Gasteiger partial charge in [-0.2, -0.15) is 0 Å². The third-order valence-electron chi connectivity index (χ3n) is 5.31. The molecule has 0 aliphatic carbocycles. The van der Waals surface area contributed by atoms with Crippen LogP contribution in [0.2, 0.25) is 0 Å². The molecule has 2 aromatic carbocycles. The Balaban J connectivity index is 1.83. The molecule has 0 amide bonds. The van der Waals surface area contributed by atoms with Gasteiger partial charge in [0.05, 0.1) is 17.0 Å². The van der Waals surface area contributed by atoms with Gasteiger partial charge in [0.1, 0.15) is 17.1 Å². The van der Waals surface area contributed by atoms with Crippen LogP contribution in [0, 0.1) is 0 Å². The number of unbranched alkanes of at least 4 members (excludes halogenated alkanes) is 6. The normalized spacial score (nSPS) is 11.3. The summed E-state index contributed by atoms with van der Waals surface area (Å²) in [5.74, 6) is 0.971. The number of ketones is 1. The Morgan fingerprint density at radius 2 is 1.30 bits per heavy atom. The highest BCUT2D eigenvalue weighted by Gasteiger charge is 2.19. The van der Waals surface area contributed by atoms with Gasteiger partial charge in [0.2, 0.25) is 0 Å². The minimum atomic E-state index is -0.462. The van der Waals surface area contributed by atoms with Crippen LogP contribution in [0.25, 0.3) is 0 Å². The Hall–Kier alpha value is -2.95. The molecule has 0 aromatic heterocycles. The number of carbonyl (C=O) groups is 2. The SMILES string of the molecule is CCCCCCOc1ccc(C(=O)Oc2ccc(C(=O)[O+]=C(C)CCCCCC)cc2)cc1. The minimum absolute atomic E-state index is 0.369. The van der Waals surface area contributed by atoms with Crippen LogP contribution in [0.3, 0.4) is 0 Å². The van der Waals surface area contributed by atoms with E-state index in [0.29, 0.717) is 23.5 Å². The van der Waals surface area contributed by atoms with E-state index in [9.17, 15) is 9.59 Å². The molecule has 0 N–H and O–H groups in total. The number of rotatable bonds is 14. The van der Waals surface area contributed by atoms with Crippen LogP contribution in [0.15, 0.2) is 48.5 Å². The molecule has 0 atom stereocenters. The molecule has 33 heavy (non-hydrogen) atoms. The number of carbonyl (C=O) groups excluding carboxylic acids is 3. The number of hydrogen-bond donors (Lipinski definition) is 0. The number of hydrogen-bond acceptors (Lipinski definition) is 4. The average Bonchev–Trinajstić information content (AvgIpc) is 2.82. The lowest BCUT2D eigenvalue weighted by molar-refractivity contribution is -0.347. The van der Waals surface area contributed by atoms with Crippen LogP contribution in [0.4, 0.5) is 0 Å². The Bertz CT molecular complexity index is 882. The second-order valence-corrected chi connectivity index (χ2v) is 8.25. The Kier molecular flexibility index (Phi) is 11.9. The van der Waals surface area contributed by atoms with E-state index in [2.05, 4.69) is 13.8 Å². The Morgan fingerprint density at radius 3 is 1.94 bits per heavy atom. The van der Waals surface area contributed by atoms with Gasteiger partial charge in [0, 0.05) is 13.3 Å². The van der Waals surface area contributed by atoms with Crippen molar-refractivity contribution < 1.29 is 23.5 Å². The molecule has 0 aliphatic rings. The summed E-state index contributed by atoms with van der Waals surface area (Å²) in [5, 5.41) is 0. The molecule has 0 heterocycles. The van der Waals surface area contributed by atoms with Crippen LogP contribution < -0.4 is 9.47 Å². The zero-order valence-electron chi connectivity index (χ0n) is 20.2. The molecule has 2 aromatic rings. The number of esters is 1. The molecule has 0 saturated heterocycles. The van der Waals surface area contributed by atoms with Crippen molar-refractivity contribution in [2.45, 2.75) is 78.6 Å². The molecule has 0 unspecified atom stereocenters. The predicted octanol–water partition coefficient (Wildman–Crippen LogP) is 7.10. The van der Waals surface area contributed by atoms with Crippen LogP contribution >= 0.6 is 0 Å². The second kappa shape index (κ2) is 15.0. The highest BCUT2D eigenvalue weighted by Crippen LogP contribution is 2.17. The lowest BCUT2D eigenvalue weighted by Crippen LogP contribution is -2.09. The van der Waals surface area contributed by atoms with Gasteiger partial charge in [-0.25, -0.2) is 4.79 Å². The minimum Gasteiger partial charge on any atom is -0.494 e. The highest BCUT2D eigenvalue weighted by atomic mass is 16.5. The van der Waals surface area contributed by atoms with Crippen molar-refractivity contribution >= 4 is 17.7 Å². The molecule has 0 spiro atoms. The largest absolute Gasteiger partial charge is 0.612 e. The summed E-state index contributed by atoms with van der Waals surface area (Å²) in [7, 11) is 0. The highest BCUT2D eigenvalue weighted by molar-refractivity contribution is 5.92. The van der Waals surface area contributed by atoms with E-state index in [0.717, 1.165) is 43.6 Å². The van der Waals surface area contributed by atoms with E-state index in [1.165, 1.54) is 25.7 Å². The van der Waals surface area contributed by atoms with Gasteiger partial charge < -0.3 is 9.47 Å². The first-order chi connectivity index (χ1) is 16.0. The molecule has 0 saturated carbocycles. The van der Waals surface area contributed by atoms with E-state index in [1.54, 1.807) is 48.5 Å². The fourth-order valence-electron chi connectivity index (χ4n) is 3.30. The number of ether oxygens (including phenoxy) is 2. The lowest BCUT2D eigenvalue weighted by atomic mass is 10.1. The molecule has 5 heteroatoms. The van der Waals surface area contributed by atoms with Gasteiger partial charge in [-0.1, -0.05) is 52.4 Å². The van der Waals surface area contributed by atoms with Crippen molar-refractivity contribution in [3.63, 3.8) is 0 Å². The van der Waals surface area contributed by atoms with Gasteiger partial charge in [0.25, 0.3) is 0 Å². The molecule has 0 aliphatic heterocycles. The molecule has 0 bridgehead atoms. The molecule has 2 rings (SSSR count). The zero-order valence-corrected chi connectivity index (χ0v) is 20.2. The predicted molar refractivity (Wildman–Crippen MR) is 131 cm³/mol. The maximum atomic E-state index is 12.4. The third kappa shape index (κ3) is 10.0. The smallest absolute Gasteiger partial charge is 0.494 e. The van der Waals surface area contributed by atoms with E-state index >= 15 is 0 Å². The van der Waals surface area contributed by atoms with E-state index in [1.807, 2.05) is 6.92 Å². The Morgan fingerprint density at radius 1 is 0.727 bits per heavy atom. The standard InChI is InChI=1S/C28H37O5/c1-4-6-8-10-12-22(3)32-27(29)23-15-19-26(20-16-23)33-28(30)24-13-17-25(18-14-24)31-21-11-9-7-5-2/h13-20H,4-12,21H2,1-3H3/q+1. The summed E-state index contributed by atoms with van der Waals surface area (Å²) < 4.78 is 16.5. The monoisotopic (exact) mass is 453 g/mol. The van der Waals surface area contributed by atoms with Crippen LogP contribution in [-0.2, 0) is 4.42 Å². The second-order valence-electron chi connectivity index (χ2n) is 8.25. The van der Waals surface area contributed by atoms with Crippen molar-refractivity contribution in [2.75, 3.05) is 6.61 Å². The van der Waals surface area contributed by atoms with Crippen LogP contribution in [-0.4, -0.2) is 24.3 Å². The third-order valence-corrected chi connectivity index (χ3v) is 5.31. The fourth-order valence-corrected chi connectivity index (χ4v) is 3.30. The van der Waals surface area contributed by atoms with Gasteiger partial charge in [-0.3, -0.25) is 4.42 Å². The summed E-state index contributed by atoms with van der Waals surface area (Å²) in [6.45, 7) is 6.86. The maximum absolute atomic E-state index is 12.4. The van der Waals surface area contributed by atoms with Gasteiger partial charge in [-0.15, -0.1) is 0 Å². The molecular formula is C28H37O5+. The summed E-state index contributed by atoms with van der Waals surface area (Å²) in [6, 6.07) is 13.3. The number of benzene rings is 2. The van der Waals surface area contributed by atoms with E-state index < -0.39 is 11.9 Å². The van der Waals surface area contributed by atoms with E-state index in [4.69, 9.17) is 13.9 Å². The lowest BCUT2D eigenvalue weighted by Gasteiger charge is -2.07. The first-order valence-electron chi connectivity index (χ1n) is 12.1. The van der Waals surface area contributed by atoms with Gasteiger partial charge in [0.15, 0.2) is 5.78 Å². The molecular weight excluding hydrogens is 416 g/mol. The van der Waals surface area contributed by atoms with Crippen molar-refractivity contribution in [1.29, 1.82) is 0 Å². The van der Waals surface area contributed by atoms with Gasteiger partial charge in [-0.05, 0) is 61.4 Å². The van der Waals surface area contributed by atoms with Crippen molar-refractivity contribution in [3.05, 3.63) is 59.7 Å². The first-order valence-corrected chi connectivity index (χ1v) is 12.1. The maximum Gasteiger partial charge on any atom is 0.612 e. The summed E-state index contributed by atoms with van der Waals surface area (Å²) in [6.07, 6.45) is 9.91. The molecule has 0 fully saturated rings. The topological polar surface area (TPSA) is 63.9 Å². The van der Waals surface area contributed by atoms with Crippen molar-refractivity contribution in [2.24, 2.45) is 0 Å². The summed E-state index contributed by atoms with van der Waals surface area (Å²) >= 11 is 0. The van der Waals surface area contributed by atoms with Crippen molar-refractivity contribution in [1.82, 2.24) is 0 Å². The zero-order chi connectivity index (χ0) is 23.9. The molecule has 178 valence electrons. The summed E-state index contributed by atoms with van der Waals surface area (Å²) in [5.41, 5.74) is 0.855. The van der Waals surface area contributed by atoms with Gasteiger partial charge >= 0.3 is 11.9 Å². The van der Waals surface area contributed by atoms with Crippen molar-refractivity contribution in [3.8, 4) is 11.5 Å². The molecule has 0 radical (unpaired) electrons. The Labute approximate surface area is 197 Å². The van der Waals surface area contributed by atoms with Crippen LogP contribution in [0.1, 0.15) is 99.3 Å². The molecule has 5 nitrogen and oxygen atoms in total. The average molecular weight is 454 g/mol. The summed E-state index contributed by atoms with van der Waals surface area (Å²) in [4.78, 5) is 24.7. The van der Waals surface area contributed by atoms with E-state index in [-0.39, 0.29) is 0 Å². The van der Waals surface area contributed by atoms with Crippen LogP contribution in [0.5, 0.6) is 11.5 Å².